The Balaban J connectivity index is 2.72. The van der Waals surface area contributed by atoms with Gasteiger partial charge in [-0.1, -0.05) is 0 Å². The van der Waals surface area contributed by atoms with Crippen molar-refractivity contribution in [2.45, 2.75) is 12.8 Å². The molecule has 1 N–H and O–H groups in total. The minimum Gasteiger partial charge on any atom is -0.391 e. The van der Waals surface area contributed by atoms with Gasteiger partial charge in [0, 0.05) is 25.1 Å². The van der Waals surface area contributed by atoms with Crippen LogP contribution in [0.3, 0.4) is 0 Å². The second-order valence-electron chi connectivity index (χ2n) is 3.67. The fraction of sp³-hybridized carbons (Fsp3) is 0.455. The molecule has 1 aliphatic heterocycles. The summed E-state index contributed by atoms with van der Waals surface area (Å²) in [5, 5.41) is 13.6. The lowest BCUT2D eigenvalue weighted by molar-refractivity contribution is -0.414. The minimum atomic E-state index is -0.489. The number of aliphatic imine (C=N–C) groups is 1. The van der Waals surface area contributed by atoms with Crippen LogP contribution in [0.2, 0.25) is 0 Å². The summed E-state index contributed by atoms with van der Waals surface area (Å²) in [6.45, 7) is 1.10. The fourth-order valence-corrected chi connectivity index (χ4v) is 1.40. The maximum Gasteiger partial charge on any atom is 0.287 e. The van der Waals surface area contributed by atoms with E-state index in [0.29, 0.717) is 19.5 Å². The van der Waals surface area contributed by atoms with Gasteiger partial charge < -0.3 is 10.1 Å². The number of hydrogen-bond donors (Lipinski definition) is 1. The van der Waals surface area contributed by atoms with Crippen LogP contribution in [0.25, 0.3) is 0 Å². The van der Waals surface area contributed by atoms with Gasteiger partial charge in [-0.05, 0) is 25.1 Å². The molecule has 0 aromatic heterocycles. The molecule has 1 rings (SSSR count). The highest BCUT2D eigenvalue weighted by Crippen LogP contribution is 2.05. The van der Waals surface area contributed by atoms with Crippen molar-refractivity contribution in [1.82, 2.24) is 5.32 Å². The van der Waals surface area contributed by atoms with Crippen LogP contribution in [0.15, 0.2) is 29.0 Å². The van der Waals surface area contributed by atoms with Crippen molar-refractivity contribution in [3.05, 3.63) is 34.2 Å². The lowest BCUT2D eigenvalue weighted by Crippen LogP contribution is -2.14. The molecule has 1 aliphatic rings. The van der Waals surface area contributed by atoms with E-state index in [0.717, 1.165) is 12.7 Å². The second-order valence-corrected chi connectivity index (χ2v) is 3.67. The summed E-state index contributed by atoms with van der Waals surface area (Å²) >= 11 is 0. The van der Waals surface area contributed by atoms with Crippen LogP contribution in [-0.4, -0.2) is 30.5 Å². The number of nitrogens with zero attached hydrogens (tertiary/aromatic N) is 2. The monoisotopic (exact) mass is 237 g/mol. The summed E-state index contributed by atoms with van der Waals surface area (Å²) in [7, 11) is 0. The number of allylic oxidation sites excluding steroid dienone is 3. The zero-order valence-corrected chi connectivity index (χ0v) is 9.41. The summed E-state index contributed by atoms with van der Waals surface area (Å²) in [5.74, 6) is -0.0458. The van der Waals surface area contributed by atoms with Gasteiger partial charge in [-0.15, -0.1) is 0 Å². The number of rotatable bonds is 2. The quantitative estimate of drug-likeness (QED) is 0.440. The molecule has 92 valence electrons. The lowest BCUT2D eigenvalue weighted by Gasteiger charge is -2.08. The average Bonchev–Trinajstić information content (AvgIpc) is 2.29. The van der Waals surface area contributed by atoms with Gasteiger partial charge in [0.05, 0.1) is 11.1 Å². The number of carbonyl (C=O) groups excluding carboxylic acids is 1. The SMILES string of the molecule is O=CC1CCN=C/C([N+](=O)[O-])=C\C=C\NCC1. The number of nitrogens with one attached hydrogen (secondary N) is 1. The maximum absolute atomic E-state index is 10.7. The fourth-order valence-electron chi connectivity index (χ4n) is 1.40. The summed E-state index contributed by atoms with van der Waals surface area (Å²) in [4.78, 5) is 24.8. The van der Waals surface area contributed by atoms with Crippen LogP contribution in [0.5, 0.6) is 0 Å². The summed E-state index contributed by atoms with van der Waals surface area (Å²) in [6, 6.07) is 0. The van der Waals surface area contributed by atoms with Crippen molar-refractivity contribution >= 4 is 12.5 Å². The highest BCUT2D eigenvalue weighted by molar-refractivity contribution is 5.75. The van der Waals surface area contributed by atoms with Crippen molar-refractivity contribution < 1.29 is 9.72 Å². The van der Waals surface area contributed by atoms with E-state index in [4.69, 9.17) is 0 Å². The first-order chi connectivity index (χ1) is 8.24. The summed E-state index contributed by atoms with van der Waals surface area (Å²) in [5.41, 5.74) is -0.0636. The number of carbonyl (C=O) groups is 1. The standard InChI is InChI=1S/C11H15N3O3/c15-9-10-3-6-12-5-1-2-11(14(16)17)8-13-7-4-10/h1-2,5,8-10,12H,3-4,6-7H2/b5-1+,11-2+,13-8?. The molecule has 17 heavy (non-hydrogen) atoms. The van der Waals surface area contributed by atoms with Crippen LogP contribution in [-0.2, 0) is 4.79 Å². The van der Waals surface area contributed by atoms with E-state index >= 15 is 0 Å². The Morgan fingerprint density at radius 3 is 3.06 bits per heavy atom. The molecule has 0 aromatic carbocycles. The van der Waals surface area contributed by atoms with Gasteiger partial charge in [-0.25, -0.2) is 0 Å². The van der Waals surface area contributed by atoms with Gasteiger partial charge in [-0.2, -0.15) is 0 Å². The van der Waals surface area contributed by atoms with E-state index < -0.39 is 4.92 Å². The van der Waals surface area contributed by atoms with Crippen molar-refractivity contribution in [1.29, 1.82) is 0 Å². The molecule has 0 aromatic rings. The molecule has 0 fully saturated rings. The molecule has 0 amide bonds. The largest absolute Gasteiger partial charge is 0.391 e. The highest BCUT2D eigenvalue weighted by Gasteiger charge is 2.08. The molecule has 0 aliphatic carbocycles. The molecule has 1 unspecified atom stereocenters. The Kier molecular flexibility index (Phi) is 5.63. The number of hydrogen-bond acceptors (Lipinski definition) is 5. The van der Waals surface area contributed by atoms with E-state index in [2.05, 4.69) is 10.3 Å². The van der Waals surface area contributed by atoms with Gasteiger partial charge in [0.25, 0.3) is 5.70 Å². The average molecular weight is 237 g/mol. The van der Waals surface area contributed by atoms with Crippen LogP contribution in [0.1, 0.15) is 12.8 Å². The van der Waals surface area contributed by atoms with Gasteiger partial charge in [0.2, 0.25) is 0 Å². The molecule has 1 atom stereocenters. The zero-order valence-electron chi connectivity index (χ0n) is 9.41. The first kappa shape index (κ1) is 13.1. The van der Waals surface area contributed by atoms with Gasteiger partial charge in [0.15, 0.2) is 0 Å². The predicted octanol–water partition coefficient (Wildman–Crippen LogP) is 0.930. The van der Waals surface area contributed by atoms with Crippen LogP contribution in [0, 0.1) is 16.0 Å². The van der Waals surface area contributed by atoms with Gasteiger partial charge >= 0.3 is 0 Å². The highest BCUT2D eigenvalue weighted by atomic mass is 16.6. The molecule has 1 heterocycles. The maximum atomic E-state index is 10.7. The molecular formula is C11H15N3O3. The molecule has 0 radical (unpaired) electrons. The van der Waals surface area contributed by atoms with Crippen LogP contribution in [0.4, 0.5) is 0 Å². The summed E-state index contributed by atoms with van der Waals surface area (Å²) in [6.07, 6.45) is 8.08. The molecule has 6 heteroatoms. The number of aldehydes is 1. The Hall–Kier alpha value is -1.98. The first-order valence-corrected chi connectivity index (χ1v) is 5.43. The molecule has 0 bridgehead atoms. The van der Waals surface area contributed by atoms with E-state index in [1.807, 2.05) is 0 Å². The summed E-state index contributed by atoms with van der Waals surface area (Å²) < 4.78 is 0. The third-order valence-electron chi connectivity index (χ3n) is 2.40. The van der Waals surface area contributed by atoms with E-state index in [9.17, 15) is 14.9 Å². The number of nitro groups is 1. The smallest absolute Gasteiger partial charge is 0.287 e. The molecule has 6 nitrogen and oxygen atoms in total. The molecule has 0 saturated carbocycles. The normalized spacial score (nSPS) is 26.6. The van der Waals surface area contributed by atoms with E-state index in [1.54, 1.807) is 12.3 Å². The Labute approximate surface area is 99.3 Å². The first-order valence-electron chi connectivity index (χ1n) is 5.43. The third kappa shape index (κ3) is 5.05. The van der Waals surface area contributed by atoms with Crippen molar-refractivity contribution in [2.75, 3.05) is 13.1 Å². The topological polar surface area (TPSA) is 84.6 Å². The minimum absolute atomic E-state index is 0.0458. The van der Waals surface area contributed by atoms with E-state index in [-0.39, 0.29) is 11.6 Å². The van der Waals surface area contributed by atoms with Gasteiger partial charge in [-0.3, -0.25) is 15.1 Å². The molecule has 0 saturated heterocycles. The van der Waals surface area contributed by atoms with E-state index in [1.165, 1.54) is 12.3 Å². The predicted molar refractivity (Wildman–Crippen MR) is 64.4 cm³/mol. The van der Waals surface area contributed by atoms with Gasteiger partial charge in [0.1, 0.15) is 6.29 Å². The third-order valence-corrected chi connectivity index (χ3v) is 2.40. The lowest BCUT2D eigenvalue weighted by atomic mass is 10.0. The second kappa shape index (κ2) is 7.32. The Morgan fingerprint density at radius 1 is 1.53 bits per heavy atom. The Morgan fingerprint density at radius 2 is 2.35 bits per heavy atom. The Bertz CT molecular complexity index is 361. The zero-order chi connectivity index (χ0) is 12.5. The van der Waals surface area contributed by atoms with Crippen LogP contribution < -0.4 is 5.32 Å². The van der Waals surface area contributed by atoms with Crippen molar-refractivity contribution in [3.63, 3.8) is 0 Å². The van der Waals surface area contributed by atoms with Crippen molar-refractivity contribution in [2.24, 2.45) is 10.9 Å². The van der Waals surface area contributed by atoms with Crippen LogP contribution >= 0.6 is 0 Å². The molecular weight excluding hydrogens is 222 g/mol. The molecule has 0 spiro atoms. The van der Waals surface area contributed by atoms with Crippen molar-refractivity contribution in [3.8, 4) is 0 Å².